The van der Waals surface area contributed by atoms with Crippen molar-refractivity contribution in [3.8, 4) is 0 Å². The van der Waals surface area contributed by atoms with Crippen molar-refractivity contribution in [3.05, 3.63) is 35.9 Å². The van der Waals surface area contributed by atoms with Crippen LogP contribution in [-0.4, -0.2) is 23.5 Å². The molecule has 2 heterocycles. The van der Waals surface area contributed by atoms with E-state index in [1.54, 1.807) is 0 Å². The molecule has 17 heavy (non-hydrogen) atoms. The SMILES string of the molecule is O=C1OC(=O)C2(Cc3ccccc3)CCC1N2. The zero-order valence-electron chi connectivity index (χ0n) is 9.31. The summed E-state index contributed by atoms with van der Waals surface area (Å²) in [6, 6.07) is 9.47. The monoisotopic (exact) mass is 231 g/mol. The van der Waals surface area contributed by atoms with Gasteiger partial charge in [0.25, 0.3) is 0 Å². The summed E-state index contributed by atoms with van der Waals surface area (Å²) >= 11 is 0. The van der Waals surface area contributed by atoms with E-state index in [-0.39, 0.29) is 6.04 Å². The summed E-state index contributed by atoms with van der Waals surface area (Å²) in [6.07, 6.45) is 1.92. The van der Waals surface area contributed by atoms with E-state index >= 15 is 0 Å². The standard InChI is InChI=1S/C13H13NO3/c15-11-10-6-7-13(14-10,12(16)17-11)8-9-4-2-1-3-5-9/h1-5,10,14H,6-8H2. The molecular formula is C13H13NO3. The summed E-state index contributed by atoms with van der Waals surface area (Å²) in [5, 5.41) is 3.13. The predicted molar refractivity (Wildman–Crippen MR) is 60.1 cm³/mol. The lowest BCUT2D eigenvalue weighted by Crippen LogP contribution is -2.59. The van der Waals surface area contributed by atoms with Gasteiger partial charge in [-0.3, -0.25) is 5.32 Å². The molecule has 0 aromatic heterocycles. The average Bonchev–Trinajstić information content (AvgIpc) is 2.71. The molecule has 2 bridgehead atoms. The summed E-state index contributed by atoms with van der Waals surface area (Å²) in [5.74, 6) is -0.865. The second-order valence-corrected chi connectivity index (χ2v) is 4.69. The Morgan fingerprint density at radius 2 is 2.06 bits per heavy atom. The minimum absolute atomic E-state index is 0.309. The number of carbonyl (C=O) groups excluding carboxylic acids is 2. The van der Waals surface area contributed by atoms with Crippen LogP contribution >= 0.6 is 0 Å². The van der Waals surface area contributed by atoms with Crippen molar-refractivity contribution in [1.29, 1.82) is 0 Å². The van der Waals surface area contributed by atoms with Gasteiger partial charge in [0.2, 0.25) is 0 Å². The van der Waals surface area contributed by atoms with Crippen LogP contribution in [0.2, 0.25) is 0 Å². The van der Waals surface area contributed by atoms with E-state index < -0.39 is 17.5 Å². The first-order valence-corrected chi connectivity index (χ1v) is 5.77. The number of ether oxygens (including phenoxy) is 1. The van der Waals surface area contributed by atoms with E-state index in [2.05, 4.69) is 5.32 Å². The van der Waals surface area contributed by atoms with E-state index in [1.165, 1.54) is 0 Å². The van der Waals surface area contributed by atoms with E-state index in [9.17, 15) is 9.59 Å². The lowest BCUT2D eigenvalue weighted by Gasteiger charge is -2.31. The molecule has 0 spiro atoms. The number of cyclic esters (lactones) is 2. The number of morpholine rings is 1. The van der Waals surface area contributed by atoms with Crippen LogP contribution in [0.25, 0.3) is 0 Å². The number of benzene rings is 1. The Bertz CT molecular complexity index is 471. The molecule has 2 aliphatic heterocycles. The molecule has 2 saturated heterocycles. The van der Waals surface area contributed by atoms with Gasteiger partial charge in [0, 0.05) is 6.42 Å². The lowest BCUT2D eigenvalue weighted by atomic mass is 9.89. The molecule has 0 radical (unpaired) electrons. The first-order valence-electron chi connectivity index (χ1n) is 5.77. The highest BCUT2D eigenvalue weighted by Crippen LogP contribution is 2.32. The van der Waals surface area contributed by atoms with Crippen molar-refractivity contribution in [3.63, 3.8) is 0 Å². The van der Waals surface area contributed by atoms with Crippen LogP contribution in [0.4, 0.5) is 0 Å². The first kappa shape index (κ1) is 10.5. The Labute approximate surface area is 99.0 Å². The Hall–Kier alpha value is -1.68. The van der Waals surface area contributed by atoms with Crippen LogP contribution in [0, 0.1) is 0 Å². The first-order chi connectivity index (χ1) is 8.20. The Morgan fingerprint density at radius 1 is 1.29 bits per heavy atom. The van der Waals surface area contributed by atoms with Gasteiger partial charge in [-0.25, -0.2) is 9.59 Å². The van der Waals surface area contributed by atoms with Gasteiger partial charge in [0.1, 0.15) is 11.6 Å². The van der Waals surface area contributed by atoms with Gasteiger partial charge in [-0.05, 0) is 18.4 Å². The van der Waals surface area contributed by atoms with Crippen LogP contribution < -0.4 is 5.32 Å². The third-order valence-corrected chi connectivity index (χ3v) is 3.53. The Morgan fingerprint density at radius 3 is 2.82 bits per heavy atom. The van der Waals surface area contributed by atoms with Gasteiger partial charge in [-0.2, -0.15) is 0 Å². The maximum Gasteiger partial charge on any atom is 0.334 e. The molecule has 2 fully saturated rings. The summed E-state index contributed by atoms with van der Waals surface area (Å²) in [5.41, 5.74) is 0.381. The Balaban J connectivity index is 1.87. The normalized spacial score (nSPS) is 31.4. The maximum atomic E-state index is 11.9. The van der Waals surface area contributed by atoms with Gasteiger partial charge in [0.15, 0.2) is 0 Å². The quantitative estimate of drug-likeness (QED) is 0.604. The van der Waals surface area contributed by atoms with Gasteiger partial charge in [-0.15, -0.1) is 0 Å². The molecule has 2 unspecified atom stereocenters. The van der Waals surface area contributed by atoms with Crippen LogP contribution in [0.15, 0.2) is 30.3 Å². The number of hydrogen-bond acceptors (Lipinski definition) is 4. The van der Waals surface area contributed by atoms with Gasteiger partial charge in [0.05, 0.1) is 0 Å². The third-order valence-electron chi connectivity index (χ3n) is 3.53. The van der Waals surface area contributed by atoms with Crippen molar-refractivity contribution in [2.24, 2.45) is 0 Å². The zero-order valence-corrected chi connectivity index (χ0v) is 9.31. The maximum absolute atomic E-state index is 11.9. The second kappa shape index (κ2) is 3.67. The molecular weight excluding hydrogens is 218 g/mol. The number of hydrogen-bond donors (Lipinski definition) is 1. The van der Waals surface area contributed by atoms with E-state index in [1.807, 2.05) is 30.3 Å². The number of esters is 2. The fourth-order valence-electron chi connectivity index (χ4n) is 2.62. The highest BCUT2D eigenvalue weighted by Gasteiger charge is 2.53. The molecule has 1 aromatic rings. The van der Waals surface area contributed by atoms with Crippen LogP contribution in [0.1, 0.15) is 18.4 Å². The van der Waals surface area contributed by atoms with E-state index in [0.717, 1.165) is 5.56 Å². The number of rotatable bonds is 2. The van der Waals surface area contributed by atoms with Crippen LogP contribution in [-0.2, 0) is 20.7 Å². The highest BCUT2D eigenvalue weighted by atomic mass is 16.6. The fourth-order valence-corrected chi connectivity index (χ4v) is 2.62. The molecule has 1 aromatic carbocycles. The van der Waals surface area contributed by atoms with Gasteiger partial charge >= 0.3 is 11.9 Å². The van der Waals surface area contributed by atoms with Crippen LogP contribution in [0.3, 0.4) is 0 Å². The van der Waals surface area contributed by atoms with Crippen molar-refractivity contribution >= 4 is 11.9 Å². The highest BCUT2D eigenvalue weighted by molar-refractivity contribution is 5.98. The fraction of sp³-hybridized carbons (Fsp3) is 0.385. The molecule has 4 nitrogen and oxygen atoms in total. The summed E-state index contributed by atoms with van der Waals surface area (Å²) in [6.45, 7) is 0. The molecule has 0 saturated carbocycles. The molecule has 2 aliphatic rings. The number of fused-ring (bicyclic) bond motifs is 2. The molecule has 3 rings (SSSR count). The van der Waals surface area contributed by atoms with Gasteiger partial charge < -0.3 is 4.74 Å². The topological polar surface area (TPSA) is 55.4 Å². The zero-order chi connectivity index (χ0) is 11.9. The van der Waals surface area contributed by atoms with E-state index in [0.29, 0.717) is 19.3 Å². The number of nitrogens with one attached hydrogen (secondary N) is 1. The van der Waals surface area contributed by atoms with Gasteiger partial charge in [-0.1, -0.05) is 30.3 Å². The minimum Gasteiger partial charge on any atom is -0.391 e. The molecule has 0 amide bonds. The summed E-state index contributed by atoms with van der Waals surface area (Å²) < 4.78 is 4.81. The second-order valence-electron chi connectivity index (χ2n) is 4.69. The minimum atomic E-state index is -0.695. The van der Waals surface area contributed by atoms with Crippen molar-refractivity contribution in [2.75, 3.05) is 0 Å². The van der Waals surface area contributed by atoms with Crippen molar-refractivity contribution < 1.29 is 14.3 Å². The predicted octanol–water partition coefficient (Wildman–Crippen LogP) is 0.803. The molecule has 4 heteroatoms. The molecule has 2 atom stereocenters. The summed E-state index contributed by atoms with van der Waals surface area (Å²) in [7, 11) is 0. The van der Waals surface area contributed by atoms with E-state index in [4.69, 9.17) is 4.74 Å². The smallest absolute Gasteiger partial charge is 0.334 e. The Kier molecular flexibility index (Phi) is 2.26. The third kappa shape index (κ3) is 1.65. The van der Waals surface area contributed by atoms with Crippen molar-refractivity contribution in [1.82, 2.24) is 5.32 Å². The number of carbonyl (C=O) groups is 2. The van der Waals surface area contributed by atoms with Crippen LogP contribution in [0.5, 0.6) is 0 Å². The lowest BCUT2D eigenvalue weighted by molar-refractivity contribution is -0.169. The molecule has 1 N–H and O–H groups in total. The summed E-state index contributed by atoms with van der Waals surface area (Å²) in [4.78, 5) is 23.2. The average molecular weight is 231 g/mol. The largest absolute Gasteiger partial charge is 0.391 e. The molecule has 88 valence electrons. The molecule has 0 aliphatic carbocycles. The van der Waals surface area contributed by atoms with Crippen molar-refractivity contribution in [2.45, 2.75) is 30.8 Å².